The molecule has 0 bridgehead atoms. The van der Waals surface area contributed by atoms with Gasteiger partial charge in [0.05, 0.1) is 0 Å². The standard InChI is InChI=1S/C11H24N2S/c1-12-10-6-4-5-7-11(10)14-9-8-13(2)3/h10-12H,4-9H2,1-3H3. The Balaban J connectivity index is 2.19. The number of hydrogen-bond acceptors (Lipinski definition) is 3. The lowest BCUT2D eigenvalue weighted by atomic mass is 9.95. The molecule has 14 heavy (non-hydrogen) atoms. The summed E-state index contributed by atoms with van der Waals surface area (Å²) in [6.07, 6.45) is 5.62. The van der Waals surface area contributed by atoms with Crippen LogP contribution in [0.5, 0.6) is 0 Å². The first-order valence-electron chi connectivity index (χ1n) is 5.67. The van der Waals surface area contributed by atoms with Gasteiger partial charge in [-0.2, -0.15) is 11.8 Å². The molecule has 0 radical (unpaired) electrons. The van der Waals surface area contributed by atoms with E-state index >= 15 is 0 Å². The lowest BCUT2D eigenvalue weighted by molar-refractivity contribution is 0.403. The maximum Gasteiger partial charge on any atom is 0.0201 e. The van der Waals surface area contributed by atoms with E-state index in [0.717, 1.165) is 11.3 Å². The van der Waals surface area contributed by atoms with E-state index in [1.54, 1.807) is 0 Å². The van der Waals surface area contributed by atoms with Gasteiger partial charge in [-0.1, -0.05) is 12.8 Å². The van der Waals surface area contributed by atoms with Crippen LogP contribution in [-0.4, -0.2) is 49.6 Å². The Hall–Kier alpha value is 0.270. The van der Waals surface area contributed by atoms with Crippen LogP contribution in [0.25, 0.3) is 0 Å². The van der Waals surface area contributed by atoms with Crippen LogP contribution in [0, 0.1) is 0 Å². The third-order valence-electron chi connectivity index (χ3n) is 2.94. The first kappa shape index (κ1) is 12.3. The van der Waals surface area contributed by atoms with E-state index in [2.05, 4.69) is 43.1 Å². The van der Waals surface area contributed by atoms with Crippen molar-refractivity contribution in [2.45, 2.75) is 37.0 Å². The molecule has 0 spiro atoms. The SMILES string of the molecule is CNC1CCCCC1SCCN(C)C. The first-order valence-corrected chi connectivity index (χ1v) is 6.72. The normalized spacial score (nSPS) is 28.3. The van der Waals surface area contributed by atoms with Crippen molar-refractivity contribution in [1.82, 2.24) is 10.2 Å². The highest BCUT2D eigenvalue weighted by Crippen LogP contribution is 2.28. The summed E-state index contributed by atoms with van der Waals surface area (Å²) in [7, 11) is 6.41. The molecule has 0 amide bonds. The molecule has 2 atom stereocenters. The lowest BCUT2D eigenvalue weighted by Gasteiger charge is -2.31. The number of rotatable bonds is 5. The average Bonchev–Trinajstić information content (AvgIpc) is 2.18. The highest BCUT2D eigenvalue weighted by atomic mass is 32.2. The average molecular weight is 216 g/mol. The molecule has 1 aliphatic carbocycles. The second-order valence-electron chi connectivity index (χ2n) is 4.39. The van der Waals surface area contributed by atoms with Gasteiger partial charge in [0.2, 0.25) is 0 Å². The van der Waals surface area contributed by atoms with Crippen molar-refractivity contribution < 1.29 is 0 Å². The quantitative estimate of drug-likeness (QED) is 0.754. The van der Waals surface area contributed by atoms with Crippen molar-refractivity contribution in [3.63, 3.8) is 0 Å². The fourth-order valence-electron chi connectivity index (χ4n) is 2.01. The molecule has 2 nitrogen and oxygen atoms in total. The molecule has 1 fully saturated rings. The van der Waals surface area contributed by atoms with Gasteiger partial charge < -0.3 is 10.2 Å². The van der Waals surface area contributed by atoms with Gasteiger partial charge in [-0.25, -0.2) is 0 Å². The molecular formula is C11H24N2S. The van der Waals surface area contributed by atoms with Crippen LogP contribution in [0.1, 0.15) is 25.7 Å². The molecule has 0 heterocycles. The van der Waals surface area contributed by atoms with Gasteiger partial charge in [0, 0.05) is 23.6 Å². The number of nitrogens with zero attached hydrogens (tertiary/aromatic N) is 1. The summed E-state index contributed by atoms with van der Waals surface area (Å²) < 4.78 is 0. The fourth-order valence-corrected chi connectivity index (χ4v) is 3.62. The zero-order valence-electron chi connectivity index (χ0n) is 9.75. The third-order valence-corrected chi connectivity index (χ3v) is 4.35. The van der Waals surface area contributed by atoms with E-state index in [-0.39, 0.29) is 0 Å². The highest BCUT2D eigenvalue weighted by Gasteiger charge is 2.23. The van der Waals surface area contributed by atoms with Crippen molar-refractivity contribution >= 4 is 11.8 Å². The molecule has 0 aromatic heterocycles. The zero-order valence-corrected chi connectivity index (χ0v) is 10.6. The first-order chi connectivity index (χ1) is 6.74. The van der Waals surface area contributed by atoms with Crippen LogP contribution in [0.4, 0.5) is 0 Å². The van der Waals surface area contributed by atoms with Gasteiger partial charge in [0.25, 0.3) is 0 Å². The monoisotopic (exact) mass is 216 g/mol. The molecule has 2 unspecified atom stereocenters. The maximum absolute atomic E-state index is 3.46. The van der Waals surface area contributed by atoms with E-state index in [9.17, 15) is 0 Å². The Labute approximate surface area is 92.8 Å². The molecule has 1 saturated carbocycles. The van der Waals surface area contributed by atoms with Crippen molar-refractivity contribution in [2.24, 2.45) is 0 Å². The second kappa shape index (κ2) is 6.70. The lowest BCUT2D eigenvalue weighted by Crippen LogP contribution is -2.38. The van der Waals surface area contributed by atoms with E-state index in [0.29, 0.717) is 0 Å². The number of hydrogen-bond donors (Lipinski definition) is 1. The molecule has 3 heteroatoms. The van der Waals surface area contributed by atoms with Crippen molar-refractivity contribution in [3.8, 4) is 0 Å². The minimum absolute atomic E-state index is 0.760. The third kappa shape index (κ3) is 4.20. The molecule has 0 aromatic carbocycles. The minimum Gasteiger partial charge on any atom is -0.316 e. The van der Waals surface area contributed by atoms with Crippen molar-refractivity contribution in [3.05, 3.63) is 0 Å². The van der Waals surface area contributed by atoms with Crippen LogP contribution in [-0.2, 0) is 0 Å². The Morgan fingerprint density at radius 3 is 2.64 bits per heavy atom. The van der Waals surface area contributed by atoms with E-state index in [1.807, 2.05) is 0 Å². The van der Waals surface area contributed by atoms with Crippen LogP contribution in [0.15, 0.2) is 0 Å². The topological polar surface area (TPSA) is 15.3 Å². The van der Waals surface area contributed by atoms with Crippen molar-refractivity contribution in [1.29, 1.82) is 0 Å². The van der Waals surface area contributed by atoms with E-state index in [4.69, 9.17) is 0 Å². The Morgan fingerprint density at radius 2 is 2.00 bits per heavy atom. The van der Waals surface area contributed by atoms with Gasteiger partial charge in [0.1, 0.15) is 0 Å². The Bertz CT molecular complexity index is 150. The summed E-state index contributed by atoms with van der Waals surface area (Å²) in [5.41, 5.74) is 0. The Morgan fingerprint density at radius 1 is 1.29 bits per heavy atom. The van der Waals surface area contributed by atoms with Gasteiger partial charge in [-0.3, -0.25) is 0 Å². The molecule has 0 aliphatic heterocycles. The predicted octanol–water partition coefficient (Wildman–Crippen LogP) is 1.81. The molecule has 1 rings (SSSR count). The summed E-state index contributed by atoms with van der Waals surface area (Å²) in [4.78, 5) is 2.27. The van der Waals surface area contributed by atoms with Gasteiger partial charge in [-0.05, 0) is 34.0 Å². The minimum atomic E-state index is 0.760. The van der Waals surface area contributed by atoms with Gasteiger partial charge >= 0.3 is 0 Å². The smallest absolute Gasteiger partial charge is 0.0201 e. The van der Waals surface area contributed by atoms with E-state index in [1.165, 1.54) is 38.0 Å². The van der Waals surface area contributed by atoms with E-state index < -0.39 is 0 Å². The van der Waals surface area contributed by atoms with Crippen LogP contribution in [0.2, 0.25) is 0 Å². The summed E-state index contributed by atoms with van der Waals surface area (Å²) in [5.74, 6) is 1.27. The van der Waals surface area contributed by atoms with Gasteiger partial charge in [0.15, 0.2) is 0 Å². The summed E-state index contributed by atoms with van der Waals surface area (Å²) >= 11 is 2.15. The second-order valence-corrected chi connectivity index (χ2v) is 5.74. The molecule has 84 valence electrons. The van der Waals surface area contributed by atoms with Gasteiger partial charge in [-0.15, -0.1) is 0 Å². The highest BCUT2D eigenvalue weighted by molar-refractivity contribution is 8.00. The molecule has 1 N–H and O–H groups in total. The largest absolute Gasteiger partial charge is 0.316 e. The molecular weight excluding hydrogens is 192 g/mol. The number of nitrogens with one attached hydrogen (secondary N) is 1. The Kier molecular flexibility index (Phi) is 5.90. The molecule has 0 saturated heterocycles. The number of thioether (sulfide) groups is 1. The van der Waals surface area contributed by atoms with Crippen LogP contribution < -0.4 is 5.32 Å². The zero-order chi connectivity index (χ0) is 10.4. The summed E-state index contributed by atoms with van der Waals surface area (Å²) in [6.45, 7) is 1.21. The van der Waals surface area contributed by atoms with Crippen molar-refractivity contribution in [2.75, 3.05) is 33.4 Å². The van der Waals surface area contributed by atoms with Crippen LogP contribution >= 0.6 is 11.8 Å². The predicted molar refractivity (Wildman–Crippen MR) is 66.1 cm³/mol. The summed E-state index contributed by atoms with van der Waals surface area (Å²) in [6, 6.07) is 0.760. The molecule has 0 aromatic rings. The maximum atomic E-state index is 3.46. The molecule has 1 aliphatic rings. The summed E-state index contributed by atoms with van der Waals surface area (Å²) in [5, 5.41) is 4.31. The fraction of sp³-hybridized carbons (Fsp3) is 1.00. The van der Waals surface area contributed by atoms with Crippen LogP contribution in [0.3, 0.4) is 0 Å².